The van der Waals surface area contributed by atoms with Crippen molar-refractivity contribution in [3.8, 4) is 5.69 Å². The number of amides is 1. The van der Waals surface area contributed by atoms with E-state index in [1.807, 2.05) is 0 Å². The Bertz CT molecular complexity index is 1660. The number of nitrogens with one attached hydrogen (secondary N) is 2. The first-order valence-corrected chi connectivity index (χ1v) is 12.5. The van der Waals surface area contributed by atoms with Crippen LogP contribution in [0.25, 0.3) is 16.7 Å². The Kier molecular flexibility index (Phi) is 7.15. The highest BCUT2D eigenvalue weighted by Crippen LogP contribution is 2.38. The van der Waals surface area contributed by atoms with Gasteiger partial charge in [-0.25, -0.2) is 9.78 Å². The van der Waals surface area contributed by atoms with Crippen LogP contribution >= 0.6 is 0 Å². The molecule has 13 heteroatoms. The molecule has 0 saturated carbocycles. The van der Waals surface area contributed by atoms with Crippen LogP contribution in [0.4, 0.5) is 30.5 Å². The molecule has 0 unspecified atom stereocenters. The quantitative estimate of drug-likeness (QED) is 0.382. The number of ether oxygens (including phenoxy) is 1. The minimum absolute atomic E-state index is 0.00875. The van der Waals surface area contributed by atoms with Gasteiger partial charge in [0.2, 0.25) is 5.95 Å². The number of nitrogens with zero attached hydrogens (tertiary/aromatic N) is 5. The molecule has 2 aromatic heterocycles. The Labute approximate surface area is 226 Å². The number of rotatable bonds is 5. The van der Waals surface area contributed by atoms with E-state index in [4.69, 9.17) is 4.74 Å². The smallest absolute Gasteiger partial charge is 0.378 e. The van der Waals surface area contributed by atoms with Crippen LogP contribution in [0.5, 0.6) is 0 Å². The SMILES string of the molecule is CNc1ncc2c(C)n(-c3cc(NC(=O)c4ccc(N5CCOCC5)c(C(F)(F)F)c4)ccc3C)c(=O)nc2n1. The lowest BCUT2D eigenvalue weighted by Crippen LogP contribution is -2.37. The molecule has 0 atom stereocenters. The molecule has 1 aliphatic heterocycles. The van der Waals surface area contributed by atoms with Gasteiger partial charge in [-0.3, -0.25) is 9.36 Å². The Hall–Kier alpha value is -4.52. The van der Waals surface area contributed by atoms with Gasteiger partial charge in [-0.1, -0.05) is 6.07 Å². The zero-order valence-corrected chi connectivity index (χ0v) is 22.0. The van der Waals surface area contributed by atoms with Gasteiger partial charge in [-0.15, -0.1) is 0 Å². The van der Waals surface area contributed by atoms with E-state index in [0.717, 1.165) is 6.07 Å². The molecule has 10 nitrogen and oxygen atoms in total. The third-order valence-corrected chi connectivity index (χ3v) is 6.73. The van der Waals surface area contributed by atoms with E-state index in [9.17, 15) is 22.8 Å². The van der Waals surface area contributed by atoms with Gasteiger partial charge in [0.15, 0.2) is 5.65 Å². The van der Waals surface area contributed by atoms with Crippen molar-refractivity contribution < 1.29 is 22.7 Å². The van der Waals surface area contributed by atoms with Crippen LogP contribution in [-0.4, -0.2) is 58.8 Å². The van der Waals surface area contributed by atoms with Crippen molar-refractivity contribution in [2.75, 3.05) is 48.9 Å². The number of aromatic nitrogens is 4. The maximum Gasteiger partial charge on any atom is 0.418 e. The summed E-state index contributed by atoms with van der Waals surface area (Å²) in [6.07, 6.45) is -3.09. The summed E-state index contributed by atoms with van der Waals surface area (Å²) in [6, 6.07) is 8.42. The number of aryl methyl sites for hydroxylation is 2. The second-order valence-corrected chi connectivity index (χ2v) is 9.28. The predicted molar refractivity (Wildman–Crippen MR) is 144 cm³/mol. The number of morpholine rings is 1. The van der Waals surface area contributed by atoms with Gasteiger partial charge in [0.25, 0.3) is 5.91 Å². The Morgan fingerprint density at radius 2 is 1.77 bits per heavy atom. The number of alkyl halides is 3. The predicted octanol–water partition coefficient (Wildman–Crippen LogP) is 3.94. The topological polar surface area (TPSA) is 114 Å². The van der Waals surface area contributed by atoms with E-state index >= 15 is 0 Å². The van der Waals surface area contributed by atoms with Gasteiger partial charge in [0.05, 0.1) is 29.9 Å². The minimum Gasteiger partial charge on any atom is -0.378 e. The van der Waals surface area contributed by atoms with Crippen molar-refractivity contribution >= 4 is 34.3 Å². The lowest BCUT2D eigenvalue weighted by molar-refractivity contribution is -0.137. The van der Waals surface area contributed by atoms with Crippen molar-refractivity contribution in [3.63, 3.8) is 0 Å². The van der Waals surface area contributed by atoms with E-state index in [1.54, 1.807) is 50.2 Å². The summed E-state index contributed by atoms with van der Waals surface area (Å²) in [5.74, 6) is -0.397. The van der Waals surface area contributed by atoms with Crippen LogP contribution < -0.4 is 21.2 Å². The molecule has 40 heavy (non-hydrogen) atoms. The highest BCUT2D eigenvalue weighted by atomic mass is 19.4. The van der Waals surface area contributed by atoms with Crippen molar-refractivity contribution in [3.05, 3.63) is 75.5 Å². The lowest BCUT2D eigenvalue weighted by atomic mass is 10.1. The number of fused-ring (bicyclic) bond motifs is 1. The summed E-state index contributed by atoms with van der Waals surface area (Å²) >= 11 is 0. The van der Waals surface area contributed by atoms with E-state index in [2.05, 4.69) is 25.6 Å². The maximum atomic E-state index is 13.9. The molecule has 1 fully saturated rings. The number of anilines is 3. The number of hydrogen-bond donors (Lipinski definition) is 2. The van der Waals surface area contributed by atoms with Gasteiger partial charge >= 0.3 is 11.9 Å². The zero-order chi connectivity index (χ0) is 28.6. The summed E-state index contributed by atoms with van der Waals surface area (Å²) in [6.45, 7) is 4.83. The van der Waals surface area contributed by atoms with Crippen LogP contribution in [0, 0.1) is 13.8 Å². The summed E-state index contributed by atoms with van der Waals surface area (Å²) < 4.78 is 48.5. The van der Waals surface area contributed by atoms with Gasteiger partial charge in [0.1, 0.15) is 0 Å². The van der Waals surface area contributed by atoms with Crippen molar-refractivity contribution in [1.29, 1.82) is 0 Å². The summed E-state index contributed by atoms with van der Waals surface area (Å²) in [5.41, 5.74) is 0.630. The first kappa shape index (κ1) is 27.1. The fourth-order valence-corrected chi connectivity index (χ4v) is 4.64. The monoisotopic (exact) mass is 553 g/mol. The van der Waals surface area contributed by atoms with Crippen molar-refractivity contribution in [2.24, 2.45) is 0 Å². The molecular formula is C27H26F3N7O3. The van der Waals surface area contributed by atoms with Crippen LogP contribution in [0.2, 0.25) is 0 Å². The highest BCUT2D eigenvalue weighted by molar-refractivity contribution is 6.05. The third-order valence-electron chi connectivity index (χ3n) is 6.73. The molecule has 208 valence electrons. The van der Waals surface area contributed by atoms with E-state index in [1.165, 1.54) is 16.7 Å². The summed E-state index contributed by atoms with van der Waals surface area (Å²) in [5, 5.41) is 6.02. The molecule has 0 radical (unpaired) electrons. The highest BCUT2D eigenvalue weighted by Gasteiger charge is 2.36. The van der Waals surface area contributed by atoms with Crippen LogP contribution in [-0.2, 0) is 10.9 Å². The molecule has 1 aliphatic rings. The Balaban J connectivity index is 1.48. The largest absolute Gasteiger partial charge is 0.418 e. The number of halogens is 3. The normalized spacial score (nSPS) is 13.9. The minimum atomic E-state index is -4.65. The molecular weight excluding hydrogens is 527 g/mol. The molecule has 2 aromatic carbocycles. The second kappa shape index (κ2) is 10.6. The van der Waals surface area contributed by atoms with Gasteiger partial charge in [0, 0.05) is 49.0 Å². The maximum absolute atomic E-state index is 13.9. The van der Waals surface area contributed by atoms with E-state index in [-0.39, 0.29) is 16.9 Å². The molecule has 5 rings (SSSR count). The first-order valence-electron chi connectivity index (χ1n) is 12.5. The standard InChI is InChI=1S/C27H26F3N7O3/c1-15-4-6-18(13-22(15)37-16(2)19-14-32-25(31-3)34-23(19)35-26(37)39)33-24(38)17-5-7-21(20(12-17)27(28,29)30)36-8-10-40-11-9-36/h4-7,12-14H,8-11H2,1-3H3,(H,33,38)(H,31,34,35,39). The molecule has 1 saturated heterocycles. The number of hydrogen-bond acceptors (Lipinski definition) is 8. The van der Waals surface area contributed by atoms with Crippen molar-refractivity contribution in [1.82, 2.24) is 19.5 Å². The van der Waals surface area contributed by atoms with Crippen LogP contribution in [0.1, 0.15) is 27.2 Å². The molecule has 0 aliphatic carbocycles. The zero-order valence-electron chi connectivity index (χ0n) is 22.0. The Morgan fingerprint density at radius 1 is 1.02 bits per heavy atom. The molecule has 4 aromatic rings. The summed E-state index contributed by atoms with van der Waals surface area (Å²) in [4.78, 5) is 40.2. The molecule has 2 N–H and O–H groups in total. The van der Waals surface area contributed by atoms with E-state index < -0.39 is 23.3 Å². The summed E-state index contributed by atoms with van der Waals surface area (Å²) in [7, 11) is 1.65. The number of carbonyl (C=O) groups excluding carboxylic acids is 1. The number of benzene rings is 2. The fourth-order valence-electron chi connectivity index (χ4n) is 4.64. The van der Waals surface area contributed by atoms with Crippen LogP contribution in [0.3, 0.4) is 0 Å². The lowest BCUT2D eigenvalue weighted by Gasteiger charge is -2.31. The van der Waals surface area contributed by atoms with Gasteiger partial charge < -0.3 is 20.3 Å². The fraction of sp³-hybridized carbons (Fsp3) is 0.296. The van der Waals surface area contributed by atoms with Crippen LogP contribution in [0.15, 0.2) is 47.4 Å². The molecule has 0 spiro atoms. The first-order chi connectivity index (χ1) is 19.1. The van der Waals surface area contributed by atoms with Gasteiger partial charge in [-0.2, -0.15) is 23.1 Å². The number of carbonyl (C=O) groups is 1. The average molecular weight is 554 g/mol. The van der Waals surface area contributed by atoms with Gasteiger partial charge in [-0.05, 0) is 49.7 Å². The Morgan fingerprint density at radius 3 is 2.48 bits per heavy atom. The third kappa shape index (κ3) is 5.19. The molecule has 0 bridgehead atoms. The van der Waals surface area contributed by atoms with E-state index in [0.29, 0.717) is 60.3 Å². The van der Waals surface area contributed by atoms with Crippen molar-refractivity contribution in [2.45, 2.75) is 20.0 Å². The second-order valence-electron chi connectivity index (χ2n) is 9.28. The molecule has 3 heterocycles. The molecule has 1 amide bonds. The average Bonchev–Trinajstić information content (AvgIpc) is 2.94.